The summed E-state index contributed by atoms with van der Waals surface area (Å²) in [5.41, 5.74) is 8.26. The van der Waals surface area contributed by atoms with E-state index in [1.54, 1.807) is 6.92 Å². The molecule has 180 valence electrons. The molecule has 1 rings (SSSR count). The van der Waals surface area contributed by atoms with Crippen molar-refractivity contribution in [3.05, 3.63) is 32.6 Å². The lowest BCUT2D eigenvalue weighted by atomic mass is 10.4. The molecule has 0 atom stereocenters. The number of aromatic amines is 1. The number of hydrogen-bond donors (Lipinski definition) is 3. The summed E-state index contributed by atoms with van der Waals surface area (Å²) < 4.78 is 26.6. The molecule has 0 saturated heterocycles. The number of azide groups is 1. The third-order valence-corrected chi connectivity index (χ3v) is 3.52. The highest BCUT2D eigenvalue weighted by molar-refractivity contribution is 5.87. The van der Waals surface area contributed by atoms with Gasteiger partial charge < -0.3 is 29.0 Å². The molecule has 0 saturated carbocycles. The van der Waals surface area contributed by atoms with Crippen LogP contribution in [0.1, 0.15) is 5.69 Å². The van der Waals surface area contributed by atoms with Crippen molar-refractivity contribution >= 4 is 12.0 Å². The summed E-state index contributed by atoms with van der Waals surface area (Å²) in [7, 11) is 0. The molecular weight excluding hydrogens is 426 g/mol. The van der Waals surface area contributed by atoms with E-state index in [-0.39, 0.29) is 11.5 Å². The average Bonchev–Trinajstić information content (AvgIpc) is 2.74. The van der Waals surface area contributed by atoms with Gasteiger partial charge in [0, 0.05) is 29.8 Å². The Labute approximate surface area is 185 Å². The first kappa shape index (κ1) is 27.3. The highest BCUT2D eigenvalue weighted by atomic mass is 16.6. The van der Waals surface area contributed by atoms with Gasteiger partial charge in [-0.05, 0) is 12.5 Å². The van der Waals surface area contributed by atoms with Crippen LogP contribution in [-0.4, -0.2) is 95.2 Å². The first-order valence-corrected chi connectivity index (χ1v) is 10.1. The number of aryl methyl sites for hydroxylation is 1. The van der Waals surface area contributed by atoms with E-state index < -0.39 is 6.03 Å². The van der Waals surface area contributed by atoms with Gasteiger partial charge in [-0.3, -0.25) is 15.1 Å². The molecule has 0 unspecified atom stereocenters. The molecular formula is C18H31N7O7. The van der Waals surface area contributed by atoms with E-state index in [0.29, 0.717) is 84.9 Å². The Hall–Kier alpha value is -2.74. The standard InChI is InChI=1S/C18H31N7O7/c1-15-14-16(26)23-17(22-15)24-18(27)20-2-4-28-6-8-30-10-12-32-13-11-31-9-7-29-5-3-21-25-19/h14H,2-13H2,1H3,(H3,20,22,23,24,26,27). The molecule has 0 radical (unpaired) electrons. The van der Waals surface area contributed by atoms with Gasteiger partial charge in [0.2, 0.25) is 5.95 Å². The Bertz CT molecular complexity index is 741. The third-order valence-electron chi connectivity index (χ3n) is 3.52. The zero-order chi connectivity index (χ0) is 23.3. The first-order chi connectivity index (χ1) is 15.6. The number of carbonyl (C=O) groups excluding carboxylic acids is 1. The largest absolute Gasteiger partial charge is 0.379 e. The van der Waals surface area contributed by atoms with Crippen LogP contribution >= 0.6 is 0 Å². The zero-order valence-corrected chi connectivity index (χ0v) is 18.2. The minimum atomic E-state index is -0.488. The van der Waals surface area contributed by atoms with Crippen LogP contribution in [0.25, 0.3) is 10.4 Å². The Kier molecular flexibility index (Phi) is 16.2. The van der Waals surface area contributed by atoms with Gasteiger partial charge in [0.05, 0.1) is 66.1 Å². The Morgan fingerprint density at radius 3 is 2.06 bits per heavy atom. The second kappa shape index (κ2) is 19.0. The Morgan fingerprint density at radius 1 is 1.00 bits per heavy atom. The molecule has 1 aromatic heterocycles. The van der Waals surface area contributed by atoms with Crippen LogP contribution in [0, 0.1) is 6.92 Å². The van der Waals surface area contributed by atoms with Crippen LogP contribution in [0.4, 0.5) is 10.7 Å². The second-order valence-electron chi connectivity index (χ2n) is 6.13. The van der Waals surface area contributed by atoms with Crippen molar-refractivity contribution in [2.45, 2.75) is 6.92 Å². The molecule has 0 aliphatic heterocycles. The quantitative estimate of drug-likeness (QED) is 0.117. The maximum atomic E-state index is 11.7. The van der Waals surface area contributed by atoms with Crippen LogP contribution in [0.3, 0.4) is 0 Å². The fourth-order valence-electron chi connectivity index (χ4n) is 2.16. The average molecular weight is 457 g/mol. The van der Waals surface area contributed by atoms with Crippen molar-refractivity contribution in [3.8, 4) is 0 Å². The number of hydrogen-bond acceptors (Lipinski definition) is 9. The fourth-order valence-corrected chi connectivity index (χ4v) is 2.16. The maximum Gasteiger partial charge on any atom is 0.321 e. The van der Waals surface area contributed by atoms with Gasteiger partial charge in [0.1, 0.15) is 0 Å². The van der Waals surface area contributed by atoms with Crippen molar-refractivity contribution in [2.24, 2.45) is 5.11 Å². The van der Waals surface area contributed by atoms with E-state index in [9.17, 15) is 9.59 Å². The van der Waals surface area contributed by atoms with E-state index in [1.807, 2.05) is 0 Å². The van der Waals surface area contributed by atoms with Gasteiger partial charge in [-0.25, -0.2) is 9.78 Å². The van der Waals surface area contributed by atoms with Crippen molar-refractivity contribution in [3.63, 3.8) is 0 Å². The molecule has 32 heavy (non-hydrogen) atoms. The van der Waals surface area contributed by atoms with Gasteiger partial charge in [-0.15, -0.1) is 0 Å². The number of rotatable bonds is 19. The molecule has 1 aromatic rings. The molecule has 0 bridgehead atoms. The maximum absolute atomic E-state index is 11.7. The van der Waals surface area contributed by atoms with Gasteiger partial charge in [-0.1, -0.05) is 5.11 Å². The topological polar surface area (TPSA) is 182 Å². The molecule has 14 nitrogen and oxygen atoms in total. The minimum Gasteiger partial charge on any atom is -0.379 e. The molecule has 0 aliphatic carbocycles. The molecule has 0 spiro atoms. The van der Waals surface area contributed by atoms with Gasteiger partial charge in [-0.2, -0.15) is 0 Å². The Balaban J connectivity index is 1.81. The van der Waals surface area contributed by atoms with Crippen LogP contribution in [0.5, 0.6) is 0 Å². The summed E-state index contributed by atoms with van der Waals surface area (Å²) in [6.45, 7) is 6.46. The van der Waals surface area contributed by atoms with Gasteiger partial charge >= 0.3 is 6.03 Å². The number of nitrogens with one attached hydrogen (secondary N) is 3. The van der Waals surface area contributed by atoms with Crippen LogP contribution in [-0.2, 0) is 23.7 Å². The predicted octanol–water partition coefficient (Wildman–Crippen LogP) is 0.593. The molecule has 0 aromatic carbocycles. The number of carbonyl (C=O) groups is 1. The normalized spacial score (nSPS) is 10.5. The second-order valence-corrected chi connectivity index (χ2v) is 6.13. The number of nitrogens with zero attached hydrogens (tertiary/aromatic N) is 4. The summed E-state index contributed by atoms with van der Waals surface area (Å²) >= 11 is 0. The van der Waals surface area contributed by atoms with Crippen molar-refractivity contribution in [1.82, 2.24) is 15.3 Å². The van der Waals surface area contributed by atoms with E-state index >= 15 is 0 Å². The van der Waals surface area contributed by atoms with Crippen LogP contribution in [0.15, 0.2) is 16.0 Å². The van der Waals surface area contributed by atoms with E-state index in [0.717, 1.165) is 0 Å². The third kappa shape index (κ3) is 16.0. The van der Waals surface area contributed by atoms with Gasteiger partial charge in [0.15, 0.2) is 0 Å². The van der Waals surface area contributed by atoms with Crippen LogP contribution in [0.2, 0.25) is 0 Å². The summed E-state index contributed by atoms with van der Waals surface area (Å²) in [6, 6.07) is 0.842. The molecule has 0 fully saturated rings. The highest BCUT2D eigenvalue weighted by Crippen LogP contribution is 1.94. The monoisotopic (exact) mass is 457 g/mol. The molecule has 2 amide bonds. The minimum absolute atomic E-state index is 0.0866. The molecule has 0 aliphatic rings. The fraction of sp³-hybridized carbons (Fsp3) is 0.722. The smallest absolute Gasteiger partial charge is 0.321 e. The van der Waals surface area contributed by atoms with E-state index in [1.165, 1.54) is 6.07 Å². The highest BCUT2D eigenvalue weighted by Gasteiger charge is 2.03. The Morgan fingerprint density at radius 2 is 1.53 bits per heavy atom. The first-order valence-electron chi connectivity index (χ1n) is 10.1. The van der Waals surface area contributed by atoms with E-state index in [4.69, 9.17) is 29.2 Å². The van der Waals surface area contributed by atoms with Crippen molar-refractivity contribution in [1.29, 1.82) is 0 Å². The van der Waals surface area contributed by atoms with Crippen LogP contribution < -0.4 is 16.2 Å². The van der Waals surface area contributed by atoms with Crippen molar-refractivity contribution in [2.75, 3.05) is 84.5 Å². The number of ether oxygens (including phenoxy) is 5. The zero-order valence-electron chi connectivity index (χ0n) is 18.2. The summed E-state index contributed by atoms with van der Waals surface area (Å²) in [4.78, 5) is 32.1. The van der Waals surface area contributed by atoms with Gasteiger partial charge in [0.25, 0.3) is 5.56 Å². The number of urea groups is 1. The number of anilines is 1. The van der Waals surface area contributed by atoms with E-state index in [2.05, 4.69) is 30.6 Å². The van der Waals surface area contributed by atoms with Crippen molar-refractivity contribution < 1.29 is 28.5 Å². The predicted molar refractivity (Wildman–Crippen MR) is 115 cm³/mol. The number of aromatic nitrogens is 2. The summed E-state index contributed by atoms with van der Waals surface area (Å²) in [5.74, 6) is 0.0866. The lowest BCUT2D eigenvalue weighted by Gasteiger charge is -2.09. The molecule has 1 heterocycles. The lowest BCUT2D eigenvalue weighted by molar-refractivity contribution is -0.0102. The summed E-state index contributed by atoms with van der Waals surface area (Å²) in [5, 5.41) is 8.38. The summed E-state index contributed by atoms with van der Waals surface area (Å²) in [6.07, 6.45) is 0. The SMILES string of the molecule is Cc1cc(=O)[nH]c(NC(=O)NCCOCCOCCOCCOCCOCCN=[N+]=[N-])n1. The number of amides is 2. The lowest BCUT2D eigenvalue weighted by Crippen LogP contribution is -2.33. The molecule has 3 N–H and O–H groups in total. The number of H-pyrrole nitrogens is 1. The molecule has 14 heteroatoms.